The lowest BCUT2D eigenvalue weighted by Gasteiger charge is -2.71. The first-order chi connectivity index (χ1) is 14.1. The Morgan fingerprint density at radius 2 is 2.00 bits per heavy atom. The second-order valence-corrected chi connectivity index (χ2v) is 9.60. The standard InChI is InChI=1S/C23H28N2O4/c1-28-18-7-11-24-12-10-22-15-5-3-4-6-17(15)25(14-26)23(22)9-8-21(18,20(22)24)13-16(23)19(27)29-2/h3-6,14,16,18,20H,7-13H2,1-2H3/t16-,18+,20-,21-,22+,23+/m1/s1. The maximum absolute atomic E-state index is 13.2. The van der Waals surface area contributed by atoms with E-state index in [4.69, 9.17) is 9.47 Å². The lowest BCUT2D eigenvalue weighted by molar-refractivity contribution is -0.205. The highest BCUT2D eigenvalue weighted by atomic mass is 16.5. The van der Waals surface area contributed by atoms with Gasteiger partial charge in [0.05, 0.1) is 24.7 Å². The quantitative estimate of drug-likeness (QED) is 0.579. The predicted molar refractivity (Wildman–Crippen MR) is 107 cm³/mol. The third kappa shape index (κ3) is 1.67. The van der Waals surface area contributed by atoms with Crippen LogP contribution in [0.2, 0.25) is 0 Å². The van der Waals surface area contributed by atoms with Gasteiger partial charge in [-0.1, -0.05) is 18.2 Å². The van der Waals surface area contributed by atoms with E-state index < -0.39 is 5.54 Å². The van der Waals surface area contributed by atoms with Crippen LogP contribution < -0.4 is 4.90 Å². The Bertz CT molecular complexity index is 905. The number of piperidine rings is 1. The number of hydrogen-bond acceptors (Lipinski definition) is 5. The topological polar surface area (TPSA) is 59.1 Å². The number of anilines is 1. The van der Waals surface area contributed by atoms with E-state index in [9.17, 15) is 9.59 Å². The number of hydrogen-bond donors (Lipinski definition) is 0. The Kier molecular flexibility index (Phi) is 3.46. The van der Waals surface area contributed by atoms with Crippen LogP contribution in [0.1, 0.15) is 37.7 Å². The van der Waals surface area contributed by atoms with E-state index in [1.807, 2.05) is 18.1 Å². The fourth-order valence-corrected chi connectivity index (χ4v) is 8.73. The van der Waals surface area contributed by atoms with Crippen molar-refractivity contribution in [1.29, 1.82) is 0 Å². The van der Waals surface area contributed by atoms with Gasteiger partial charge in [-0.2, -0.15) is 0 Å². The monoisotopic (exact) mass is 396 g/mol. The zero-order valence-electron chi connectivity index (χ0n) is 17.1. The van der Waals surface area contributed by atoms with Crippen molar-refractivity contribution in [2.75, 3.05) is 32.2 Å². The van der Waals surface area contributed by atoms with Crippen LogP contribution in [0.15, 0.2) is 24.3 Å². The maximum Gasteiger partial charge on any atom is 0.311 e. The highest BCUT2D eigenvalue weighted by molar-refractivity contribution is 5.90. The molecule has 0 N–H and O–H groups in total. The average molecular weight is 396 g/mol. The molecule has 6 atom stereocenters. The molecule has 6 nitrogen and oxygen atoms in total. The third-order valence-corrected chi connectivity index (χ3v) is 9.34. The van der Waals surface area contributed by atoms with Crippen LogP contribution >= 0.6 is 0 Å². The first-order valence-electron chi connectivity index (χ1n) is 10.8. The number of amides is 1. The van der Waals surface area contributed by atoms with Crippen molar-refractivity contribution in [2.45, 2.75) is 55.2 Å². The van der Waals surface area contributed by atoms with Gasteiger partial charge in [0.25, 0.3) is 0 Å². The summed E-state index contributed by atoms with van der Waals surface area (Å²) in [5.41, 5.74) is 1.37. The van der Waals surface area contributed by atoms with Crippen LogP contribution in [0, 0.1) is 11.3 Å². The first kappa shape index (κ1) is 17.9. The molecule has 1 aromatic rings. The van der Waals surface area contributed by atoms with Crippen LogP contribution in [0.4, 0.5) is 5.69 Å². The number of nitrogens with zero attached hydrogens (tertiary/aromatic N) is 2. The minimum absolute atomic E-state index is 0.0733. The van der Waals surface area contributed by atoms with Gasteiger partial charge in [-0.05, 0) is 50.3 Å². The molecule has 3 heterocycles. The molecule has 7 rings (SSSR count). The Balaban J connectivity index is 1.69. The summed E-state index contributed by atoms with van der Waals surface area (Å²) in [6.07, 6.45) is 5.64. The molecule has 6 heteroatoms. The highest BCUT2D eigenvalue weighted by Gasteiger charge is 2.82. The molecule has 2 bridgehead atoms. The molecule has 0 unspecified atom stereocenters. The number of ether oxygens (including phenoxy) is 2. The fraction of sp³-hybridized carbons (Fsp3) is 0.652. The Morgan fingerprint density at radius 3 is 2.76 bits per heavy atom. The summed E-state index contributed by atoms with van der Waals surface area (Å²) in [7, 11) is 3.30. The number of fused-ring (bicyclic) bond motifs is 3. The van der Waals surface area contributed by atoms with Gasteiger partial charge in [0.2, 0.25) is 6.41 Å². The van der Waals surface area contributed by atoms with Crippen molar-refractivity contribution in [1.82, 2.24) is 4.90 Å². The molecular weight excluding hydrogens is 368 g/mol. The van der Waals surface area contributed by atoms with Gasteiger partial charge < -0.3 is 14.4 Å². The number of carbonyl (C=O) groups excluding carboxylic acids is 2. The number of methoxy groups -OCH3 is 2. The summed E-state index contributed by atoms with van der Waals surface area (Å²) in [4.78, 5) is 30.3. The molecule has 0 aromatic heterocycles. The molecule has 0 radical (unpaired) electrons. The molecule has 1 aromatic carbocycles. The summed E-state index contributed by atoms with van der Waals surface area (Å²) in [5.74, 6) is -0.508. The number of rotatable bonds is 3. The van der Waals surface area contributed by atoms with E-state index >= 15 is 0 Å². The summed E-state index contributed by atoms with van der Waals surface area (Å²) in [6.45, 7) is 2.04. The second kappa shape index (κ2) is 5.61. The zero-order valence-corrected chi connectivity index (χ0v) is 17.1. The van der Waals surface area contributed by atoms with Gasteiger partial charge in [0.15, 0.2) is 0 Å². The number of para-hydroxylation sites is 1. The van der Waals surface area contributed by atoms with Gasteiger partial charge in [-0.15, -0.1) is 0 Å². The summed E-state index contributed by atoms with van der Waals surface area (Å²) in [5, 5.41) is 0. The molecule has 29 heavy (non-hydrogen) atoms. The third-order valence-electron chi connectivity index (χ3n) is 9.34. The number of carbonyl (C=O) groups is 2. The Morgan fingerprint density at radius 1 is 1.17 bits per heavy atom. The van der Waals surface area contributed by atoms with E-state index in [0.29, 0.717) is 6.04 Å². The van der Waals surface area contributed by atoms with Crippen molar-refractivity contribution in [3.05, 3.63) is 29.8 Å². The van der Waals surface area contributed by atoms with Gasteiger partial charge in [-0.3, -0.25) is 14.5 Å². The van der Waals surface area contributed by atoms with Gasteiger partial charge in [0, 0.05) is 36.2 Å². The molecule has 6 aliphatic rings. The average Bonchev–Trinajstić information content (AvgIpc) is 3.29. The molecule has 2 saturated heterocycles. The summed E-state index contributed by atoms with van der Waals surface area (Å²) >= 11 is 0. The van der Waals surface area contributed by atoms with Crippen LogP contribution in [0.25, 0.3) is 0 Å². The maximum atomic E-state index is 13.2. The fourth-order valence-electron chi connectivity index (χ4n) is 8.73. The van der Waals surface area contributed by atoms with E-state index in [1.165, 1.54) is 12.7 Å². The second-order valence-electron chi connectivity index (χ2n) is 9.60. The van der Waals surface area contributed by atoms with Crippen LogP contribution in [0.3, 0.4) is 0 Å². The minimum Gasteiger partial charge on any atom is -0.469 e. The van der Waals surface area contributed by atoms with Crippen LogP contribution in [-0.4, -0.2) is 62.3 Å². The largest absolute Gasteiger partial charge is 0.469 e. The van der Waals surface area contributed by atoms with E-state index in [0.717, 1.165) is 57.3 Å². The van der Waals surface area contributed by atoms with Crippen molar-refractivity contribution in [3.63, 3.8) is 0 Å². The van der Waals surface area contributed by atoms with Crippen molar-refractivity contribution in [3.8, 4) is 0 Å². The summed E-state index contributed by atoms with van der Waals surface area (Å²) in [6, 6.07) is 8.63. The summed E-state index contributed by atoms with van der Waals surface area (Å²) < 4.78 is 11.4. The highest BCUT2D eigenvalue weighted by Crippen LogP contribution is 2.75. The molecule has 3 saturated carbocycles. The molecule has 3 spiro atoms. The van der Waals surface area contributed by atoms with Gasteiger partial charge in [-0.25, -0.2) is 0 Å². The lowest BCUT2D eigenvalue weighted by Crippen LogP contribution is -2.81. The van der Waals surface area contributed by atoms with Gasteiger partial charge >= 0.3 is 5.97 Å². The van der Waals surface area contributed by atoms with Crippen LogP contribution in [0.5, 0.6) is 0 Å². The van der Waals surface area contributed by atoms with E-state index in [-0.39, 0.29) is 28.8 Å². The molecule has 3 aliphatic carbocycles. The molecule has 1 amide bonds. The van der Waals surface area contributed by atoms with Crippen molar-refractivity contribution < 1.29 is 19.1 Å². The molecule has 5 fully saturated rings. The normalized spacial score (nSPS) is 44.2. The molecule has 154 valence electrons. The molecular formula is C23H28N2O4. The number of benzene rings is 1. The van der Waals surface area contributed by atoms with Crippen molar-refractivity contribution >= 4 is 18.1 Å². The van der Waals surface area contributed by atoms with E-state index in [2.05, 4.69) is 23.1 Å². The number of esters is 1. The Labute approximate surface area is 171 Å². The smallest absolute Gasteiger partial charge is 0.311 e. The van der Waals surface area contributed by atoms with Gasteiger partial charge in [0.1, 0.15) is 0 Å². The van der Waals surface area contributed by atoms with Crippen molar-refractivity contribution in [2.24, 2.45) is 11.3 Å². The van der Waals surface area contributed by atoms with E-state index in [1.54, 1.807) is 0 Å². The zero-order chi connectivity index (χ0) is 20.0. The lowest BCUT2D eigenvalue weighted by atomic mass is 9.38. The predicted octanol–water partition coefficient (Wildman–Crippen LogP) is 2.11. The van der Waals surface area contributed by atoms with Crippen LogP contribution in [-0.2, 0) is 24.5 Å². The Hall–Kier alpha value is -1.92. The molecule has 3 aliphatic heterocycles. The SMILES string of the molecule is COC(=O)[C@H]1C[C@]23CC[C@]14N(C=O)c1ccccc1[C@]41CCN(CC[C@@H]2OC)[C@H]31. The first-order valence-corrected chi connectivity index (χ1v) is 10.8. The minimum atomic E-state index is -0.539.